The van der Waals surface area contributed by atoms with Gasteiger partial charge in [-0.15, -0.1) is 0 Å². The molecule has 0 saturated heterocycles. The van der Waals surface area contributed by atoms with Gasteiger partial charge in [0.15, 0.2) is 0 Å². The van der Waals surface area contributed by atoms with Gasteiger partial charge in [-0.2, -0.15) is 0 Å². The van der Waals surface area contributed by atoms with E-state index in [-0.39, 0.29) is 24.3 Å². The van der Waals surface area contributed by atoms with E-state index in [0.29, 0.717) is 5.69 Å². The maximum absolute atomic E-state index is 13.2. The lowest BCUT2D eigenvalue weighted by atomic mass is 10.1. The van der Waals surface area contributed by atoms with E-state index >= 15 is 0 Å². The molecule has 0 unspecified atom stereocenters. The fraction of sp³-hybridized carbons (Fsp3) is 0.316. The lowest BCUT2D eigenvalue weighted by Crippen LogP contribution is -2.33. The molecule has 0 aliphatic rings. The number of nitrogens with zero attached hydrogens (tertiary/aromatic N) is 1. The van der Waals surface area contributed by atoms with Gasteiger partial charge in [-0.1, -0.05) is 29.8 Å². The van der Waals surface area contributed by atoms with Gasteiger partial charge in [0.2, 0.25) is 0 Å². The largest absolute Gasteiger partial charge is 0.481 e. The highest BCUT2D eigenvalue weighted by atomic mass is 32.2. The number of carbonyl (C=O) groups is 1. The van der Waals surface area contributed by atoms with Crippen LogP contribution in [0.25, 0.3) is 0 Å². The first-order valence-corrected chi connectivity index (χ1v) is 9.54. The maximum atomic E-state index is 13.2. The van der Waals surface area contributed by atoms with Crippen molar-refractivity contribution in [1.82, 2.24) is 0 Å². The van der Waals surface area contributed by atoms with Crippen LogP contribution in [0.15, 0.2) is 47.4 Å². The molecule has 0 amide bonds. The van der Waals surface area contributed by atoms with Crippen LogP contribution in [-0.4, -0.2) is 26.0 Å². The molecule has 0 spiro atoms. The second-order valence-electron chi connectivity index (χ2n) is 6.18. The van der Waals surface area contributed by atoms with Crippen LogP contribution in [0.5, 0.6) is 0 Å². The zero-order valence-corrected chi connectivity index (χ0v) is 15.5. The van der Waals surface area contributed by atoms with E-state index in [9.17, 15) is 13.2 Å². The van der Waals surface area contributed by atoms with Gasteiger partial charge in [0.25, 0.3) is 10.0 Å². The Balaban J connectivity index is 2.47. The minimum Gasteiger partial charge on any atom is -0.481 e. The molecule has 0 fully saturated rings. The smallest absolute Gasteiger partial charge is 0.303 e. The van der Waals surface area contributed by atoms with Crippen LogP contribution in [0.1, 0.15) is 29.5 Å². The number of sulfonamides is 1. The van der Waals surface area contributed by atoms with Gasteiger partial charge < -0.3 is 5.11 Å². The third kappa shape index (κ3) is 4.60. The van der Waals surface area contributed by atoms with Crippen LogP contribution in [0.4, 0.5) is 5.69 Å². The van der Waals surface area contributed by atoms with Crippen LogP contribution in [0.2, 0.25) is 0 Å². The molecule has 0 aliphatic heterocycles. The average molecular weight is 361 g/mol. The molecule has 0 saturated carbocycles. The quantitative estimate of drug-likeness (QED) is 0.816. The van der Waals surface area contributed by atoms with Gasteiger partial charge in [0.1, 0.15) is 0 Å². The average Bonchev–Trinajstić information content (AvgIpc) is 2.54. The van der Waals surface area contributed by atoms with Gasteiger partial charge in [0, 0.05) is 13.0 Å². The summed E-state index contributed by atoms with van der Waals surface area (Å²) in [4.78, 5) is 11.0. The zero-order valence-electron chi connectivity index (χ0n) is 14.7. The van der Waals surface area contributed by atoms with Crippen molar-refractivity contribution in [2.75, 3.05) is 10.8 Å². The highest BCUT2D eigenvalue weighted by molar-refractivity contribution is 7.92. The number of hydrogen-bond donors (Lipinski definition) is 1. The molecule has 0 heterocycles. The summed E-state index contributed by atoms with van der Waals surface area (Å²) < 4.78 is 27.6. The van der Waals surface area contributed by atoms with Crippen molar-refractivity contribution in [3.05, 3.63) is 59.2 Å². The normalized spacial score (nSPS) is 11.3. The Morgan fingerprint density at radius 2 is 1.60 bits per heavy atom. The van der Waals surface area contributed by atoms with Gasteiger partial charge in [0.05, 0.1) is 10.6 Å². The lowest BCUT2D eigenvalue weighted by Gasteiger charge is -2.26. The standard InChI is InChI=1S/C19H23NO4S/c1-14-7-10-17(11-8-14)25(23,24)20(12-4-5-19(21)22)18-13-15(2)6-9-16(18)3/h6-11,13H,4-5,12H2,1-3H3,(H,21,22). The first-order valence-electron chi connectivity index (χ1n) is 8.10. The van der Waals surface area contributed by atoms with E-state index in [0.717, 1.165) is 16.7 Å². The monoisotopic (exact) mass is 361 g/mol. The Morgan fingerprint density at radius 1 is 1.00 bits per heavy atom. The topological polar surface area (TPSA) is 74.7 Å². The predicted octanol–water partition coefficient (Wildman–Crippen LogP) is 3.67. The molecule has 0 atom stereocenters. The third-order valence-corrected chi connectivity index (χ3v) is 5.82. The van der Waals surface area contributed by atoms with Crippen molar-refractivity contribution >= 4 is 21.7 Å². The summed E-state index contributed by atoms with van der Waals surface area (Å²) in [5.41, 5.74) is 3.34. The molecular weight excluding hydrogens is 338 g/mol. The van der Waals surface area contributed by atoms with Crippen LogP contribution in [0, 0.1) is 20.8 Å². The summed E-state index contributed by atoms with van der Waals surface area (Å²) in [7, 11) is -3.77. The van der Waals surface area contributed by atoms with Crippen LogP contribution < -0.4 is 4.31 Å². The van der Waals surface area contributed by atoms with Gasteiger partial charge >= 0.3 is 5.97 Å². The molecule has 1 N–H and O–H groups in total. The molecule has 2 aromatic rings. The maximum Gasteiger partial charge on any atom is 0.303 e. The van der Waals surface area contributed by atoms with Crippen LogP contribution in [0.3, 0.4) is 0 Å². The number of rotatable bonds is 7. The summed E-state index contributed by atoms with van der Waals surface area (Å²) >= 11 is 0. The third-order valence-electron chi connectivity index (χ3n) is 3.99. The Hall–Kier alpha value is -2.34. The molecule has 25 heavy (non-hydrogen) atoms. The Morgan fingerprint density at radius 3 is 2.20 bits per heavy atom. The molecule has 5 nitrogen and oxygen atoms in total. The van der Waals surface area contributed by atoms with E-state index in [1.807, 2.05) is 39.0 Å². The van der Waals surface area contributed by atoms with E-state index in [2.05, 4.69) is 0 Å². The summed E-state index contributed by atoms with van der Waals surface area (Å²) in [6.45, 7) is 5.76. The fourth-order valence-electron chi connectivity index (χ4n) is 2.57. The minimum atomic E-state index is -3.77. The minimum absolute atomic E-state index is 0.0786. The lowest BCUT2D eigenvalue weighted by molar-refractivity contribution is -0.137. The molecule has 0 aromatic heterocycles. The van der Waals surface area contributed by atoms with Crippen molar-refractivity contribution in [3.8, 4) is 0 Å². The highest BCUT2D eigenvalue weighted by Gasteiger charge is 2.26. The molecule has 0 bridgehead atoms. The number of carboxylic acid groups (broad SMARTS) is 1. The zero-order chi connectivity index (χ0) is 18.6. The summed E-state index contributed by atoms with van der Waals surface area (Å²) in [6.07, 6.45) is 0.165. The summed E-state index contributed by atoms with van der Waals surface area (Å²) in [5, 5.41) is 8.88. The molecule has 2 aromatic carbocycles. The van der Waals surface area contributed by atoms with Gasteiger partial charge in [-0.25, -0.2) is 8.42 Å². The summed E-state index contributed by atoms with van der Waals surface area (Å²) in [5.74, 6) is -0.936. The van der Waals surface area contributed by atoms with Crippen molar-refractivity contribution in [3.63, 3.8) is 0 Å². The van der Waals surface area contributed by atoms with Crippen LogP contribution >= 0.6 is 0 Å². The number of aliphatic carboxylic acids is 1. The second-order valence-corrected chi connectivity index (χ2v) is 8.04. The first kappa shape index (κ1) is 19.0. The second kappa shape index (κ2) is 7.70. The van der Waals surface area contributed by atoms with E-state index in [1.165, 1.54) is 4.31 Å². The number of benzene rings is 2. The van der Waals surface area contributed by atoms with E-state index < -0.39 is 16.0 Å². The molecule has 0 aliphatic carbocycles. The highest BCUT2D eigenvalue weighted by Crippen LogP contribution is 2.28. The summed E-state index contributed by atoms with van der Waals surface area (Å²) in [6, 6.07) is 12.3. The predicted molar refractivity (Wildman–Crippen MR) is 98.5 cm³/mol. The SMILES string of the molecule is Cc1ccc(S(=O)(=O)N(CCCC(=O)O)c2cc(C)ccc2C)cc1. The fourth-order valence-corrected chi connectivity index (χ4v) is 4.13. The Bertz CT molecular complexity index is 857. The number of hydrogen-bond acceptors (Lipinski definition) is 3. The first-order chi connectivity index (χ1) is 11.7. The molecule has 2 rings (SSSR count). The van der Waals surface area contributed by atoms with E-state index in [4.69, 9.17) is 5.11 Å². The number of carboxylic acids is 1. The number of anilines is 1. The van der Waals surface area contributed by atoms with Crippen molar-refractivity contribution < 1.29 is 18.3 Å². The van der Waals surface area contributed by atoms with E-state index in [1.54, 1.807) is 24.3 Å². The van der Waals surface area contributed by atoms with Crippen molar-refractivity contribution in [2.24, 2.45) is 0 Å². The molecule has 6 heteroatoms. The molecule has 0 radical (unpaired) electrons. The molecule has 134 valence electrons. The van der Waals surface area contributed by atoms with Crippen molar-refractivity contribution in [1.29, 1.82) is 0 Å². The molecular formula is C19H23NO4S. The number of aryl methyl sites for hydroxylation is 3. The van der Waals surface area contributed by atoms with Gasteiger partial charge in [-0.3, -0.25) is 9.10 Å². The Labute approximate surface area is 149 Å². The Kier molecular flexibility index (Phi) is 5.85. The van der Waals surface area contributed by atoms with Crippen molar-refractivity contribution in [2.45, 2.75) is 38.5 Å². The van der Waals surface area contributed by atoms with Crippen LogP contribution in [-0.2, 0) is 14.8 Å². The van der Waals surface area contributed by atoms with Gasteiger partial charge in [-0.05, 0) is 56.5 Å².